The largest absolute Gasteiger partial charge is 0.486 e. The number of aromatic amines is 1. The van der Waals surface area contributed by atoms with Crippen LogP contribution < -0.4 is 15.2 Å². The second-order valence-corrected chi connectivity index (χ2v) is 8.10. The maximum absolute atomic E-state index is 13.1. The summed E-state index contributed by atoms with van der Waals surface area (Å²) in [6, 6.07) is 5.49. The predicted octanol–water partition coefficient (Wildman–Crippen LogP) is 1.97. The number of piperazine rings is 1. The molecule has 3 heterocycles. The number of ether oxygens (including phenoxy) is 2. The van der Waals surface area contributed by atoms with Crippen molar-refractivity contribution >= 4 is 11.7 Å². The highest BCUT2D eigenvalue weighted by Gasteiger charge is 2.38. The Balaban J connectivity index is 1.44. The van der Waals surface area contributed by atoms with Crippen molar-refractivity contribution in [3.8, 4) is 11.8 Å². The van der Waals surface area contributed by atoms with Crippen LogP contribution in [0.2, 0.25) is 0 Å². The molecule has 1 amide bonds. The van der Waals surface area contributed by atoms with Gasteiger partial charge >= 0.3 is 6.18 Å². The zero-order valence-corrected chi connectivity index (χ0v) is 19.2. The maximum Gasteiger partial charge on any atom is 0.425 e. The molecule has 35 heavy (non-hydrogen) atoms. The van der Waals surface area contributed by atoms with Crippen LogP contribution in [-0.2, 0) is 15.7 Å². The van der Waals surface area contributed by atoms with Crippen molar-refractivity contribution in [3.05, 3.63) is 46.0 Å². The summed E-state index contributed by atoms with van der Waals surface area (Å²) in [6.45, 7) is 5.29. The maximum atomic E-state index is 13.1. The van der Waals surface area contributed by atoms with Crippen LogP contribution in [0.4, 0.5) is 19.0 Å². The van der Waals surface area contributed by atoms with E-state index in [0.29, 0.717) is 31.7 Å². The van der Waals surface area contributed by atoms with Gasteiger partial charge in [-0.05, 0) is 26.0 Å². The average molecular weight is 494 g/mol. The number of rotatable bonds is 8. The lowest BCUT2D eigenvalue weighted by molar-refractivity contribution is -0.141. The number of halogens is 3. The van der Waals surface area contributed by atoms with E-state index in [1.165, 1.54) is 13.1 Å². The molecule has 2 atom stereocenters. The van der Waals surface area contributed by atoms with Crippen LogP contribution in [0.15, 0.2) is 29.3 Å². The van der Waals surface area contributed by atoms with Crippen molar-refractivity contribution in [2.24, 2.45) is 0 Å². The summed E-state index contributed by atoms with van der Waals surface area (Å²) in [5, 5.41) is 14.0. The third kappa shape index (κ3) is 6.92. The van der Waals surface area contributed by atoms with Gasteiger partial charge in [0.25, 0.3) is 5.56 Å². The fourth-order valence-corrected chi connectivity index (χ4v) is 3.55. The van der Waals surface area contributed by atoms with Crippen molar-refractivity contribution in [2.75, 3.05) is 37.7 Å². The van der Waals surface area contributed by atoms with Gasteiger partial charge in [-0.3, -0.25) is 9.59 Å². The number of pyridine rings is 1. The summed E-state index contributed by atoms with van der Waals surface area (Å²) >= 11 is 0. The molecular formula is C22H25F3N6O4. The number of hydrogen-bond donors (Lipinski definition) is 1. The third-order valence-corrected chi connectivity index (χ3v) is 5.34. The van der Waals surface area contributed by atoms with Crippen LogP contribution in [-0.4, -0.2) is 71.0 Å². The Labute approximate surface area is 199 Å². The minimum Gasteiger partial charge on any atom is -0.486 e. The van der Waals surface area contributed by atoms with Gasteiger partial charge in [0.1, 0.15) is 18.0 Å². The fraction of sp³-hybridized carbons (Fsp3) is 0.500. The van der Waals surface area contributed by atoms with Gasteiger partial charge in [0.15, 0.2) is 11.3 Å². The Hall–Kier alpha value is -3.66. The van der Waals surface area contributed by atoms with E-state index in [2.05, 4.69) is 10.1 Å². The van der Waals surface area contributed by atoms with Crippen LogP contribution in [0.1, 0.15) is 31.4 Å². The van der Waals surface area contributed by atoms with Crippen molar-refractivity contribution in [1.82, 2.24) is 20.1 Å². The van der Waals surface area contributed by atoms with E-state index in [1.54, 1.807) is 29.1 Å². The number of hydrogen-bond acceptors (Lipinski definition) is 8. The molecule has 0 spiro atoms. The number of carbonyl (C=O) groups excluding carboxylic acids is 1. The molecule has 0 saturated carbocycles. The normalized spacial score (nSPS) is 15.9. The average Bonchev–Trinajstić information content (AvgIpc) is 2.82. The molecule has 0 bridgehead atoms. The molecule has 0 aliphatic carbocycles. The van der Waals surface area contributed by atoms with Crippen molar-refractivity contribution in [3.63, 3.8) is 0 Å². The van der Waals surface area contributed by atoms with Crippen LogP contribution in [0.5, 0.6) is 5.75 Å². The van der Waals surface area contributed by atoms with E-state index in [4.69, 9.17) is 14.7 Å². The van der Waals surface area contributed by atoms with Crippen LogP contribution in [0.3, 0.4) is 0 Å². The number of nitriles is 1. The van der Waals surface area contributed by atoms with E-state index < -0.39 is 35.3 Å². The van der Waals surface area contributed by atoms with Crippen molar-refractivity contribution in [2.45, 2.75) is 38.7 Å². The van der Waals surface area contributed by atoms with Gasteiger partial charge in [0.2, 0.25) is 5.91 Å². The lowest BCUT2D eigenvalue weighted by atomic mass is 10.2. The summed E-state index contributed by atoms with van der Waals surface area (Å²) in [4.78, 5) is 32.2. The summed E-state index contributed by atoms with van der Waals surface area (Å²) in [5.74, 6) is -0.0431. The molecule has 1 aliphatic rings. The number of alkyl halides is 3. The molecule has 1 fully saturated rings. The number of nitrogens with one attached hydrogen (secondary N) is 1. The first-order chi connectivity index (χ1) is 16.6. The Bertz CT molecular complexity index is 1110. The second kappa shape index (κ2) is 11.2. The zero-order valence-electron chi connectivity index (χ0n) is 19.2. The van der Waals surface area contributed by atoms with E-state index in [-0.39, 0.29) is 18.9 Å². The first-order valence-corrected chi connectivity index (χ1v) is 10.9. The van der Waals surface area contributed by atoms with Gasteiger partial charge in [-0.25, -0.2) is 10.1 Å². The Morgan fingerprint density at radius 2 is 1.91 bits per heavy atom. The van der Waals surface area contributed by atoms with E-state index in [1.807, 2.05) is 11.0 Å². The summed E-state index contributed by atoms with van der Waals surface area (Å²) in [5.41, 5.74) is -2.37. The van der Waals surface area contributed by atoms with Crippen LogP contribution >= 0.6 is 0 Å². The van der Waals surface area contributed by atoms with Crippen molar-refractivity contribution < 1.29 is 27.4 Å². The molecule has 10 nitrogen and oxygen atoms in total. The standard InChI is InChI=1S/C22H25F3N6O4/c1-14(34-13-15(2)35-17-12-28-29-21(33)20(17)22(23,24)25)9-19(32)31-7-5-30(6-8-31)18-4-3-16(10-26)11-27-18/h3-4,11-12,14-15H,5-9,13H2,1-2H3,(H,29,33)/t14?,15-/m1/s1. The number of anilines is 1. The number of aromatic nitrogens is 3. The summed E-state index contributed by atoms with van der Waals surface area (Å²) in [7, 11) is 0. The van der Waals surface area contributed by atoms with Gasteiger partial charge in [-0.2, -0.15) is 23.5 Å². The number of amides is 1. The van der Waals surface area contributed by atoms with Crippen molar-refractivity contribution in [1.29, 1.82) is 5.26 Å². The summed E-state index contributed by atoms with van der Waals surface area (Å²) < 4.78 is 50.2. The van der Waals surface area contributed by atoms with Gasteiger partial charge in [-0.15, -0.1) is 0 Å². The quantitative estimate of drug-likeness (QED) is 0.591. The minimum absolute atomic E-state index is 0.0866. The zero-order chi connectivity index (χ0) is 25.6. The smallest absolute Gasteiger partial charge is 0.425 e. The van der Waals surface area contributed by atoms with Gasteiger partial charge < -0.3 is 19.3 Å². The SMILES string of the molecule is CC(CC(=O)N1CCN(c2ccc(C#N)cn2)CC1)OC[C@@H](C)Oc1cn[nH]c(=O)c1C(F)(F)F. The highest BCUT2D eigenvalue weighted by molar-refractivity contribution is 5.77. The third-order valence-electron chi connectivity index (χ3n) is 5.34. The van der Waals surface area contributed by atoms with E-state index in [0.717, 1.165) is 12.0 Å². The lowest BCUT2D eigenvalue weighted by Crippen LogP contribution is -2.49. The van der Waals surface area contributed by atoms with E-state index >= 15 is 0 Å². The van der Waals surface area contributed by atoms with Crippen LogP contribution in [0.25, 0.3) is 0 Å². The molecule has 13 heteroatoms. The lowest BCUT2D eigenvalue weighted by Gasteiger charge is -2.35. The number of nitrogens with zero attached hydrogens (tertiary/aromatic N) is 5. The van der Waals surface area contributed by atoms with E-state index in [9.17, 15) is 22.8 Å². The molecule has 1 saturated heterocycles. The first-order valence-electron chi connectivity index (χ1n) is 10.9. The Morgan fingerprint density at radius 1 is 1.20 bits per heavy atom. The van der Waals surface area contributed by atoms with Crippen LogP contribution in [0, 0.1) is 11.3 Å². The molecule has 1 unspecified atom stereocenters. The highest BCUT2D eigenvalue weighted by Crippen LogP contribution is 2.33. The van der Waals surface area contributed by atoms with Gasteiger partial charge in [0, 0.05) is 32.4 Å². The number of H-pyrrole nitrogens is 1. The Kier molecular flexibility index (Phi) is 8.29. The molecule has 1 N–H and O–H groups in total. The molecule has 2 aromatic heterocycles. The Morgan fingerprint density at radius 3 is 2.51 bits per heavy atom. The second-order valence-electron chi connectivity index (χ2n) is 8.10. The fourth-order valence-electron chi connectivity index (χ4n) is 3.55. The molecule has 1 aliphatic heterocycles. The molecule has 0 radical (unpaired) electrons. The molecule has 0 aromatic carbocycles. The monoisotopic (exact) mass is 494 g/mol. The minimum atomic E-state index is -4.90. The highest BCUT2D eigenvalue weighted by atomic mass is 19.4. The summed E-state index contributed by atoms with van der Waals surface area (Å²) in [6.07, 6.45) is -3.81. The molecule has 3 rings (SSSR count). The number of carbonyl (C=O) groups is 1. The molecular weight excluding hydrogens is 469 g/mol. The predicted molar refractivity (Wildman–Crippen MR) is 118 cm³/mol. The topological polar surface area (TPSA) is 124 Å². The van der Waals surface area contributed by atoms with Gasteiger partial charge in [-0.1, -0.05) is 0 Å². The first kappa shape index (κ1) is 26.0. The molecule has 2 aromatic rings. The molecule has 188 valence electrons. The van der Waals surface area contributed by atoms with Gasteiger partial charge in [0.05, 0.1) is 30.9 Å².